The van der Waals surface area contributed by atoms with Gasteiger partial charge in [0.05, 0.1) is 29.5 Å². The third-order valence-electron chi connectivity index (χ3n) is 5.58. The van der Waals surface area contributed by atoms with Crippen LogP contribution in [0, 0.1) is 5.92 Å². The molecule has 1 N–H and O–H groups in total. The van der Waals surface area contributed by atoms with E-state index >= 15 is 0 Å². The predicted molar refractivity (Wildman–Crippen MR) is 148 cm³/mol. The van der Waals surface area contributed by atoms with Crippen LogP contribution >= 0.6 is 23.4 Å². The van der Waals surface area contributed by atoms with Crippen molar-refractivity contribution in [2.75, 3.05) is 19.4 Å². The highest BCUT2D eigenvalue weighted by molar-refractivity contribution is 7.99. The molecule has 190 valence electrons. The average molecular weight is 536 g/mol. The molecule has 1 aromatic heterocycles. The van der Waals surface area contributed by atoms with Gasteiger partial charge in [-0.25, -0.2) is 4.98 Å². The fraction of sp³-hybridized carbons (Fsp3) is 0.214. The molecular weight excluding hydrogens is 510 g/mol. The number of nitrogens with one attached hydrogen (secondary N) is 1. The Labute approximate surface area is 223 Å². The van der Waals surface area contributed by atoms with Crippen molar-refractivity contribution in [1.82, 2.24) is 14.9 Å². The molecule has 0 saturated heterocycles. The molecule has 0 bridgehead atoms. The monoisotopic (exact) mass is 535 g/mol. The maximum atomic E-state index is 13.6. The molecule has 4 rings (SSSR count). The van der Waals surface area contributed by atoms with E-state index < -0.39 is 0 Å². The van der Waals surface area contributed by atoms with Gasteiger partial charge in [-0.3, -0.25) is 19.0 Å². The summed E-state index contributed by atoms with van der Waals surface area (Å²) in [5.74, 6) is 0.613. The summed E-state index contributed by atoms with van der Waals surface area (Å²) in [5, 5.41) is 4.05. The number of halogens is 1. The second-order valence-electron chi connectivity index (χ2n) is 8.79. The zero-order chi connectivity index (χ0) is 26.5. The Hall–Kier alpha value is -3.62. The Morgan fingerprint density at radius 2 is 1.81 bits per heavy atom. The number of rotatable bonds is 9. The number of benzene rings is 3. The van der Waals surface area contributed by atoms with Gasteiger partial charge >= 0.3 is 0 Å². The molecule has 0 saturated carbocycles. The highest BCUT2D eigenvalue weighted by atomic mass is 35.5. The molecule has 3 aromatic carbocycles. The van der Waals surface area contributed by atoms with Gasteiger partial charge in [-0.1, -0.05) is 49.3 Å². The molecule has 0 atom stereocenters. The predicted octanol–water partition coefficient (Wildman–Crippen LogP) is 5.41. The molecule has 1 amide bonds. The van der Waals surface area contributed by atoms with Crippen LogP contribution in [0.15, 0.2) is 76.7 Å². The van der Waals surface area contributed by atoms with Gasteiger partial charge in [0.25, 0.3) is 11.5 Å². The first-order valence-electron chi connectivity index (χ1n) is 11.7. The number of nitrogens with zero attached hydrogens (tertiary/aromatic N) is 2. The van der Waals surface area contributed by atoms with Gasteiger partial charge in [-0.15, -0.1) is 0 Å². The molecule has 0 aliphatic carbocycles. The zero-order valence-electron chi connectivity index (χ0n) is 20.7. The molecule has 0 spiro atoms. The molecule has 0 radical (unpaired) electrons. The van der Waals surface area contributed by atoms with Gasteiger partial charge in [-0.05, 0) is 60.5 Å². The van der Waals surface area contributed by atoms with Crippen molar-refractivity contribution in [1.29, 1.82) is 0 Å². The van der Waals surface area contributed by atoms with Gasteiger partial charge in [0.1, 0.15) is 5.75 Å². The Kier molecular flexibility index (Phi) is 8.31. The first kappa shape index (κ1) is 26.4. The lowest BCUT2D eigenvalue weighted by molar-refractivity contribution is 0.0948. The summed E-state index contributed by atoms with van der Waals surface area (Å²) >= 11 is 7.19. The molecule has 1 heterocycles. The van der Waals surface area contributed by atoms with E-state index in [2.05, 4.69) is 5.32 Å². The van der Waals surface area contributed by atoms with E-state index in [0.29, 0.717) is 56.1 Å². The lowest BCUT2D eigenvalue weighted by atomic mass is 10.1. The van der Waals surface area contributed by atoms with Gasteiger partial charge < -0.3 is 10.1 Å². The van der Waals surface area contributed by atoms with Gasteiger partial charge in [0.15, 0.2) is 10.9 Å². The third-order valence-corrected chi connectivity index (χ3v) is 6.75. The molecule has 0 aliphatic rings. The maximum Gasteiger partial charge on any atom is 0.266 e. The van der Waals surface area contributed by atoms with Crippen LogP contribution in [0.25, 0.3) is 16.6 Å². The molecule has 0 unspecified atom stereocenters. The number of carbonyl (C=O) groups excluding carboxylic acids is 2. The van der Waals surface area contributed by atoms with Crippen molar-refractivity contribution < 1.29 is 14.3 Å². The fourth-order valence-corrected chi connectivity index (χ4v) is 4.73. The number of hydrogen-bond donors (Lipinski definition) is 1. The maximum absolute atomic E-state index is 13.6. The lowest BCUT2D eigenvalue weighted by Gasteiger charge is -2.14. The highest BCUT2D eigenvalue weighted by Gasteiger charge is 2.17. The largest absolute Gasteiger partial charge is 0.497 e. The van der Waals surface area contributed by atoms with Crippen molar-refractivity contribution in [2.24, 2.45) is 5.92 Å². The number of fused-ring (bicyclic) bond motifs is 1. The smallest absolute Gasteiger partial charge is 0.266 e. The van der Waals surface area contributed by atoms with Gasteiger partial charge in [0.2, 0.25) is 0 Å². The van der Waals surface area contributed by atoms with Crippen LogP contribution in [0.2, 0.25) is 5.02 Å². The van der Waals surface area contributed by atoms with E-state index in [1.165, 1.54) is 4.57 Å². The van der Waals surface area contributed by atoms with E-state index in [4.69, 9.17) is 21.3 Å². The van der Waals surface area contributed by atoms with Crippen LogP contribution in [0.1, 0.15) is 34.6 Å². The zero-order valence-corrected chi connectivity index (χ0v) is 22.2. The fourth-order valence-electron chi connectivity index (χ4n) is 3.64. The number of hydrogen-bond acceptors (Lipinski definition) is 6. The lowest BCUT2D eigenvalue weighted by Crippen LogP contribution is -2.27. The summed E-state index contributed by atoms with van der Waals surface area (Å²) in [6.07, 6.45) is 0. The third kappa shape index (κ3) is 6.21. The number of thioether (sulfide) groups is 1. The van der Waals surface area contributed by atoms with Crippen molar-refractivity contribution in [2.45, 2.75) is 19.0 Å². The van der Waals surface area contributed by atoms with Crippen molar-refractivity contribution >= 4 is 46.0 Å². The second kappa shape index (κ2) is 11.6. The number of ether oxygens (including phenoxy) is 1. The minimum absolute atomic E-state index is 0.0447. The SMILES string of the molecule is COc1ccc(-n2c(SCC(=O)c3cccc(Cl)c3)nc3cc(C(=O)NCC(C)C)ccc3c2=O)cc1. The van der Waals surface area contributed by atoms with Crippen LogP contribution in [-0.4, -0.2) is 40.6 Å². The molecule has 0 aliphatic heterocycles. The second-order valence-corrected chi connectivity index (χ2v) is 10.2. The summed E-state index contributed by atoms with van der Waals surface area (Å²) in [7, 11) is 1.57. The topological polar surface area (TPSA) is 90.3 Å². The summed E-state index contributed by atoms with van der Waals surface area (Å²) in [4.78, 5) is 43.8. The van der Waals surface area contributed by atoms with Crippen molar-refractivity contribution in [3.63, 3.8) is 0 Å². The Bertz CT molecular complexity index is 1520. The van der Waals surface area contributed by atoms with E-state index in [0.717, 1.165) is 11.8 Å². The number of aromatic nitrogens is 2. The van der Waals surface area contributed by atoms with E-state index in [1.54, 1.807) is 73.8 Å². The number of ketones is 1. The summed E-state index contributed by atoms with van der Waals surface area (Å²) in [6.45, 7) is 4.56. The van der Waals surface area contributed by atoms with Crippen LogP contribution < -0.4 is 15.6 Å². The Balaban J connectivity index is 1.76. The Morgan fingerprint density at radius 1 is 1.05 bits per heavy atom. The summed E-state index contributed by atoms with van der Waals surface area (Å²) in [6, 6.07) is 18.6. The van der Waals surface area contributed by atoms with Crippen molar-refractivity contribution in [3.05, 3.63) is 93.2 Å². The number of carbonyl (C=O) groups is 2. The molecule has 37 heavy (non-hydrogen) atoms. The molecule has 7 nitrogen and oxygen atoms in total. The summed E-state index contributed by atoms with van der Waals surface area (Å²) < 4.78 is 6.71. The van der Waals surface area contributed by atoms with E-state index in [-0.39, 0.29) is 23.0 Å². The molecule has 0 fully saturated rings. The van der Waals surface area contributed by atoms with Gasteiger partial charge in [0, 0.05) is 22.7 Å². The van der Waals surface area contributed by atoms with E-state index in [9.17, 15) is 14.4 Å². The quantitative estimate of drug-likeness (QED) is 0.175. The molecular formula is C28H26ClN3O4S. The highest BCUT2D eigenvalue weighted by Crippen LogP contribution is 2.24. The van der Waals surface area contributed by atoms with Crippen LogP contribution in [-0.2, 0) is 0 Å². The number of Topliss-reactive ketones (excluding diaryl/α,β-unsaturated/α-hetero) is 1. The average Bonchev–Trinajstić information content (AvgIpc) is 2.90. The van der Waals surface area contributed by atoms with Gasteiger partial charge in [-0.2, -0.15) is 0 Å². The Morgan fingerprint density at radius 3 is 2.49 bits per heavy atom. The minimum Gasteiger partial charge on any atom is -0.497 e. The number of amides is 1. The first-order valence-corrected chi connectivity index (χ1v) is 13.0. The van der Waals surface area contributed by atoms with Crippen LogP contribution in [0.4, 0.5) is 0 Å². The van der Waals surface area contributed by atoms with E-state index in [1.807, 2.05) is 13.8 Å². The standard InChI is InChI=1S/C28H26ClN3O4S/c1-17(2)15-30-26(34)19-7-12-23-24(14-19)31-28(37-16-25(33)18-5-4-6-20(29)13-18)32(27(23)35)21-8-10-22(36-3)11-9-21/h4-14,17H,15-16H2,1-3H3,(H,30,34). The summed E-state index contributed by atoms with van der Waals surface area (Å²) in [5.41, 5.74) is 1.54. The first-order chi connectivity index (χ1) is 17.8. The molecule has 9 heteroatoms. The van der Waals surface area contributed by atoms with Crippen molar-refractivity contribution in [3.8, 4) is 11.4 Å². The van der Waals surface area contributed by atoms with Crippen LogP contribution in [0.3, 0.4) is 0 Å². The number of methoxy groups -OCH3 is 1. The molecule has 4 aromatic rings. The van der Waals surface area contributed by atoms with Crippen LogP contribution in [0.5, 0.6) is 5.75 Å². The normalized spacial score (nSPS) is 11.1. The minimum atomic E-state index is -0.304.